The minimum absolute atomic E-state index is 0.155. The maximum Gasteiger partial charge on any atom is 0.0208 e. The molecule has 2 N–H and O–H groups in total. The van der Waals surface area contributed by atoms with E-state index in [1.165, 1.54) is 51.4 Å². The van der Waals surface area contributed by atoms with Gasteiger partial charge in [0.1, 0.15) is 0 Å². The molecule has 0 bridgehead atoms. The van der Waals surface area contributed by atoms with Gasteiger partial charge in [-0.1, -0.05) is 46.0 Å². The Labute approximate surface area is 88.4 Å². The van der Waals surface area contributed by atoms with Crippen LogP contribution in [0.4, 0.5) is 0 Å². The van der Waals surface area contributed by atoms with Crippen LogP contribution in [0.3, 0.4) is 0 Å². The van der Waals surface area contributed by atoms with Crippen LogP contribution in [-0.4, -0.2) is 5.54 Å². The maximum absolute atomic E-state index is 6.62. The predicted octanol–water partition coefficient (Wildman–Crippen LogP) is 3.47. The molecule has 0 radical (unpaired) electrons. The molecule has 2 fully saturated rings. The molecule has 0 spiro atoms. The summed E-state index contributed by atoms with van der Waals surface area (Å²) in [6, 6.07) is 0. The van der Waals surface area contributed by atoms with Gasteiger partial charge < -0.3 is 5.73 Å². The Bertz CT molecular complexity index is 203. The molecule has 1 atom stereocenters. The average Bonchev–Trinajstić information content (AvgIpc) is 2.63. The maximum atomic E-state index is 6.62. The summed E-state index contributed by atoms with van der Waals surface area (Å²) in [4.78, 5) is 0. The molecule has 1 heteroatoms. The van der Waals surface area contributed by atoms with Gasteiger partial charge in [0.15, 0.2) is 0 Å². The summed E-state index contributed by atoms with van der Waals surface area (Å²) in [7, 11) is 0. The van der Waals surface area contributed by atoms with E-state index in [2.05, 4.69) is 13.8 Å². The first kappa shape index (κ1) is 10.5. The van der Waals surface area contributed by atoms with Crippen molar-refractivity contribution in [3.63, 3.8) is 0 Å². The fraction of sp³-hybridized carbons (Fsp3) is 1.00. The van der Waals surface area contributed by atoms with Crippen LogP contribution in [0.1, 0.15) is 65.2 Å². The molecule has 1 unspecified atom stereocenters. The molecular formula is C13H25N. The first-order valence-electron chi connectivity index (χ1n) is 6.32. The highest BCUT2D eigenvalue weighted by atomic mass is 14.8. The zero-order valence-electron chi connectivity index (χ0n) is 9.81. The van der Waals surface area contributed by atoms with Gasteiger partial charge in [-0.3, -0.25) is 0 Å². The monoisotopic (exact) mass is 195 g/mol. The van der Waals surface area contributed by atoms with Crippen LogP contribution >= 0.6 is 0 Å². The van der Waals surface area contributed by atoms with E-state index >= 15 is 0 Å². The van der Waals surface area contributed by atoms with Crippen LogP contribution < -0.4 is 5.73 Å². The highest BCUT2D eigenvalue weighted by Gasteiger charge is 2.46. The minimum atomic E-state index is 0.155. The van der Waals surface area contributed by atoms with Crippen LogP contribution in [0, 0.1) is 11.3 Å². The van der Waals surface area contributed by atoms with E-state index in [0.29, 0.717) is 5.41 Å². The van der Waals surface area contributed by atoms with Crippen LogP contribution in [0.25, 0.3) is 0 Å². The van der Waals surface area contributed by atoms with E-state index in [1.54, 1.807) is 0 Å². The van der Waals surface area contributed by atoms with Crippen molar-refractivity contribution in [2.75, 3.05) is 0 Å². The standard InChI is InChI=1S/C13H25N/c1-12(2)8-5-9-13(12,14)10-11-6-3-4-7-11/h11H,3-10,14H2,1-2H3. The summed E-state index contributed by atoms with van der Waals surface area (Å²) in [6.07, 6.45) is 11.0. The van der Waals surface area contributed by atoms with E-state index in [1.807, 2.05) is 0 Å². The SMILES string of the molecule is CC1(C)CCCC1(N)CC1CCCC1. The molecule has 0 aromatic heterocycles. The summed E-state index contributed by atoms with van der Waals surface area (Å²) in [5.74, 6) is 0.942. The molecule has 2 saturated carbocycles. The molecule has 0 amide bonds. The zero-order valence-corrected chi connectivity index (χ0v) is 9.81. The van der Waals surface area contributed by atoms with Crippen LogP contribution in [0.2, 0.25) is 0 Å². The molecular weight excluding hydrogens is 170 g/mol. The van der Waals surface area contributed by atoms with Crippen LogP contribution in [0.5, 0.6) is 0 Å². The Balaban J connectivity index is 2.00. The van der Waals surface area contributed by atoms with Crippen LogP contribution in [-0.2, 0) is 0 Å². The molecule has 0 aromatic rings. The van der Waals surface area contributed by atoms with Crippen molar-refractivity contribution in [3.8, 4) is 0 Å². The van der Waals surface area contributed by atoms with Crippen molar-refractivity contribution in [2.45, 2.75) is 70.8 Å². The Morgan fingerprint density at radius 3 is 2.21 bits per heavy atom. The first-order valence-corrected chi connectivity index (χ1v) is 6.32. The lowest BCUT2D eigenvalue weighted by Gasteiger charge is -2.40. The second kappa shape index (κ2) is 3.52. The number of rotatable bonds is 2. The van der Waals surface area contributed by atoms with Gasteiger partial charge in [-0.05, 0) is 30.6 Å². The lowest BCUT2D eigenvalue weighted by molar-refractivity contribution is 0.168. The summed E-state index contributed by atoms with van der Waals surface area (Å²) in [6.45, 7) is 4.74. The quantitative estimate of drug-likeness (QED) is 0.717. The highest BCUT2D eigenvalue weighted by molar-refractivity contribution is 5.03. The van der Waals surface area contributed by atoms with Crippen molar-refractivity contribution >= 4 is 0 Å². The third kappa shape index (κ3) is 1.71. The zero-order chi connectivity index (χ0) is 10.2. The van der Waals surface area contributed by atoms with Gasteiger partial charge in [-0.15, -0.1) is 0 Å². The second-order valence-electron chi connectivity index (χ2n) is 6.25. The van der Waals surface area contributed by atoms with E-state index in [-0.39, 0.29) is 5.54 Å². The summed E-state index contributed by atoms with van der Waals surface area (Å²) >= 11 is 0. The van der Waals surface area contributed by atoms with Gasteiger partial charge >= 0.3 is 0 Å². The Morgan fingerprint density at radius 1 is 1.07 bits per heavy atom. The van der Waals surface area contributed by atoms with E-state index in [4.69, 9.17) is 5.73 Å². The Morgan fingerprint density at radius 2 is 1.71 bits per heavy atom. The van der Waals surface area contributed by atoms with Crippen molar-refractivity contribution in [3.05, 3.63) is 0 Å². The molecule has 82 valence electrons. The Hall–Kier alpha value is -0.0400. The number of hydrogen-bond donors (Lipinski definition) is 1. The van der Waals surface area contributed by atoms with Gasteiger partial charge in [0.05, 0.1) is 0 Å². The predicted molar refractivity (Wildman–Crippen MR) is 61.1 cm³/mol. The van der Waals surface area contributed by atoms with E-state index in [0.717, 1.165) is 5.92 Å². The van der Waals surface area contributed by atoms with Gasteiger partial charge in [-0.2, -0.15) is 0 Å². The molecule has 0 heterocycles. The molecule has 2 rings (SSSR count). The summed E-state index contributed by atoms with van der Waals surface area (Å²) in [5, 5.41) is 0. The Kier molecular flexibility index (Phi) is 2.63. The topological polar surface area (TPSA) is 26.0 Å². The van der Waals surface area contributed by atoms with Gasteiger partial charge in [0.25, 0.3) is 0 Å². The molecule has 1 nitrogen and oxygen atoms in total. The van der Waals surface area contributed by atoms with E-state index < -0.39 is 0 Å². The van der Waals surface area contributed by atoms with Gasteiger partial charge in [-0.25, -0.2) is 0 Å². The number of nitrogens with two attached hydrogens (primary N) is 1. The average molecular weight is 195 g/mol. The second-order valence-corrected chi connectivity index (χ2v) is 6.25. The lowest BCUT2D eigenvalue weighted by atomic mass is 9.71. The molecule has 14 heavy (non-hydrogen) atoms. The highest BCUT2D eigenvalue weighted by Crippen LogP contribution is 2.49. The fourth-order valence-electron chi connectivity index (χ4n) is 3.54. The first-order chi connectivity index (χ1) is 6.54. The summed E-state index contributed by atoms with van der Waals surface area (Å²) in [5.41, 5.74) is 7.16. The summed E-state index contributed by atoms with van der Waals surface area (Å²) < 4.78 is 0. The molecule has 0 aromatic carbocycles. The normalized spacial score (nSPS) is 37.9. The van der Waals surface area contributed by atoms with Gasteiger partial charge in [0, 0.05) is 5.54 Å². The molecule has 0 aliphatic heterocycles. The molecule has 2 aliphatic rings. The van der Waals surface area contributed by atoms with Crippen molar-refractivity contribution in [2.24, 2.45) is 17.1 Å². The van der Waals surface area contributed by atoms with Crippen molar-refractivity contribution in [1.29, 1.82) is 0 Å². The smallest absolute Gasteiger partial charge is 0.0208 e. The molecule has 0 saturated heterocycles. The van der Waals surface area contributed by atoms with Crippen molar-refractivity contribution in [1.82, 2.24) is 0 Å². The van der Waals surface area contributed by atoms with Crippen LogP contribution in [0.15, 0.2) is 0 Å². The molecule has 2 aliphatic carbocycles. The largest absolute Gasteiger partial charge is 0.325 e. The van der Waals surface area contributed by atoms with E-state index in [9.17, 15) is 0 Å². The van der Waals surface area contributed by atoms with Crippen molar-refractivity contribution < 1.29 is 0 Å². The third-order valence-corrected chi connectivity index (χ3v) is 4.90. The third-order valence-electron chi connectivity index (χ3n) is 4.90. The minimum Gasteiger partial charge on any atom is -0.325 e. The van der Waals surface area contributed by atoms with Gasteiger partial charge in [0.2, 0.25) is 0 Å². The number of hydrogen-bond acceptors (Lipinski definition) is 1. The fourth-order valence-corrected chi connectivity index (χ4v) is 3.54. The lowest BCUT2D eigenvalue weighted by Crippen LogP contribution is -2.49.